The van der Waals surface area contributed by atoms with Crippen LogP contribution in [0.2, 0.25) is 0 Å². The normalized spacial score (nSPS) is 11.6. The standard InChI is InChI=1S/C19H16F3NO2/c20-19(21,22)13-23(12-16-8-4-10-25-16)18(24)11-15-7-3-6-14-5-1-2-9-17(14)15/h1-10H,11-13H2. The maximum Gasteiger partial charge on any atom is 0.406 e. The largest absolute Gasteiger partial charge is 0.467 e. The topological polar surface area (TPSA) is 33.5 Å². The van der Waals surface area contributed by atoms with Crippen LogP contribution in [0.3, 0.4) is 0 Å². The molecule has 0 saturated carbocycles. The van der Waals surface area contributed by atoms with Crippen LogP contribution in [0, 0.1) is 0 Å². The number of furan rings is 1. The second-order valence-electron chi connectivity index (χ2n) is 5.76. The number of rotatable bonds is 5. The van der Waals surface area contributed by atoms with E-state index in [1.807, 2.05) is 30.3 Å². The van der Waals surface area contributed by atoms with Crippen molar-refractivity contribution in [1.82, 2.24) is 4.90 Å². The van der Waals surface area contributed by atoms with Crippen LogP contribution in [0.4, 0.5) is 13.2 Å². The van der Waals surface area contributed by atoms with E-state index < -0.39 is 18.6 Å². The molecule has 1 heterocycles. The van der Waals surface area contributed by atoms with E-state index in [0.29, 0.717) is 11.3 Å². The molecule has 1 aromatic heterocycles. The van der Waals surface area contributed by atoms with Gasteiger partial charge in [-0.25, -0.2) is 0 Å². The molecule has 1 amide bonds. The van der Waals surface area contributed by atoms with Gasteiger partial charge in [0.2, 0.25) is 5.91 Å². The summed E-state index contributed by atoms with van der Waals surface area (Å²) in [6.45, 7) is -1.52. The van der Waals surface area contributed by atoms with Crippen LogP contribution in [0.5, 0.6) is 0 Å². The molecule has 0 atom stereocenters. The van der Waals surface area contributed by atoms with Crippen LogP contribution in [0.15, 0.2) is 65.3 Å². The van der Waals surface area contributed by atoms with Crippen molar-refractivity contribution in [2.75, 3.05) is 6.54 Å². The third-order valence-corrected chi connectivity index (χ3v) is 3.87. The summed E-state index contributed by atoms with van der Waals surface area (Å²) in [6.07, 6.45) is -3.20. The summed E-state index contributed by atoms with van der Waals surface area (Å²) in [5, 5.41) is 1.81. The van der Waals surface area contributed by atoms with Crippen LogP contribution >= 0.6 is 0 Å². The van der Waals surface area contributed by atoms with E-state index in [9.17, 15) is 18.0 Å². The van der Waals surface area contributed by atoms with Gasteiger partial charge in [-0.3, -0.25) is 4.79 Å². The summed E-state index contributed by atoms with van der Waals surface area (Å²) in [4.78, 5) is 13.3. The van der Waals surface area contributed by atoms with Crippen molar-refractivity contribution >= 4 is 16.7 Å². The number of hydrogen-bond acceptors (Lipinski definition) is 2. The van der Waals surface area contributed by atoms with Crippen molar-refractivity contribution in [1.29, 1.82) is 0 Å². The molecule has 0 saturated heterocycles. The molecule has 0 radical (unpaired) electrons. The highest BCUT2D eigenvalue weighted by atomic mass is 19.4. The van der Waals surface area contributed by atoms with Crippen LogP contribution in [-0.4, -0.2) is 23.5 Å². The average molecular weight is 347 g/mol. The van der Waals surface area contributed by atoms with Crippen molar-refractivity contribution in [3.63, 3.8) is 0 Å². The first-order valence-electron chi connectivity index (χ1n) is 7.76. The summed E-state index contributed by atoms with van der Waals surface area (Å²) in [5.74, 6) is -0.277. The maximum atomic E-state index is 12.9. The first kappa shape index (κ1) is 17.1. The van der Waals surface area contributed by atoms with E-state index in [2.05, 4.69) is 0 Å². The van der Waals surface area contributed by atoms with Crippen molar-refractivity contribution in [3.05, 3.63) is 72.2 Å². The van der Waals surface area contributed by atoms with Gasteiger partial charge in [0.1, 0.15) is 12.3 Å². The average Bonchev–Trinajstić information content (AvgIpc) is 3.06. The van der Waals surface area contributed by atoms with Gasteiger partial charge in [-0.05, 0) is 28.5 Å². The van der Waals surface area contributed by atoms with Crippen LogP contribution < -0.4 is 0 Å². The molecular weight excluding hydrogens is 331 g/mol. The zero-order valence-corrected chi connectivity index (χ0v) is 13.3. The Morgan fingerprint density at radius 3 is 2.48 bits per heavy atom. The van der Waals surface area contributed by atoms with Gasteiger partial charge in [-0.2, -0.15) is 13.2 Å². The Kier molecular flexibility index (Phi) is 4.79. The van der Waals surface area contributed by atoms with Gasteiger partial charge in [-0.15, -0.1) is 0 Å². The number of amides is 1. The second-order valence-corrected chi connectivity index (χ2v) is 5.76. The lowest BCUT2D eigenvalue weighted by Gasteiger charge is -2.23. The predicted molar refractivity (Wildman–Crippen MR) is 87.8 cm³/mol. The fourth-order valence-electron chi connectivity index (χ4n) is 2.76. The zero-order valence-electron chi connectivity index (χ0n) is 13.3. The van der Waals surface area contributed by atoms with Crippen molar-refractivity contribution in [2.45, 2.75) is 19.1 Å². The highest BCUT2D eigenvalue weighted by Crippen LogP contribution is 2.22. The quantitative estimate of drug-likeness (QED) is 0.678. The van der Waals surface area contributed by atoms with Gasteiger partial charge in [0.15, 0.2) is 0 Å². The number of carbonyl (C=O) groups excluding carboxylic acids is 1. The number of benzene rings is 2. The number of alkyl halides is 3. The highest BCUT2D eigenvalue weighted by molar-refractivity contribution is 5.90. The molecule has 6 heteroatoms. The van der Waals surface area contributed by atoms with Crippen molar-refractivity contribution < 1.29 is 22.4 Å². The van der Waals surface area contributed by atoms with Gasteiger partial charge < -0.3 is 9.32 Å². The lowest BCUT2D eigenvalue weighted by Crippen LogP contribution is -2.39. The molecule has 0 aliphatic carbocycles. The first-order valence-corrected chi connectivity index (χ1v) is 7.76. The van der Waals surface area contributed by atoms with Crippen LogP contribution in [-0.2, 0) is 17.8 Å². The Morgan fingerprint density at radius 1 is 1.00 bits per heavy atom. The Morgan fingerprint density at radius 2 is 1.76 bits per heavy atom. The van der Waals surface area contributed by atoms with E-state index in [4.69, 9.17) is 4.42 Å². The van der Waals surface area contributed by atoms with E-state index in [0.717, 1.165) is 15.7 Å². The van der Waals surface area contributed by atoms with Crippen LogP contribution in [0.25, 0.3) is 10.8 Å². The lowest BCUT2D eigenvalue weighted by molar-refractivity contribution is -0.162. The minimum Gasteiger partial charge on any atom is -0.467 e. The Hall–Kier alpha value is -2.76. The molecule has 0 bridgehead atoms. The molecule has 0 spiro atoms. The number of hydrogen-bond donors (Lipinski definition) is 0. The number of halogens is 3. The van der Waals surface area contributed by atoms with E-state index in [1.165, 1.54) is 6.26 Å². The van der Waals surface area contributed by atoms with Crippen molar-refractivity contribution in [2.24, 2.45) is 0 Å². The maximum absolute atomic E-state index is 12.9. The van der Waals surface area contributed by atoms with Gasteiger partial charge in [-0.1, -0.05) is 42.5 Å². The van der Waals surface area contributed by atoms with Gasteiger partial charge in [0, 0.05) is 0 Å². The molecule has 3 rings (SSSR count). The number of carbonyl (C=O) groups is 1. The van der Waals surface area contributed by atoms with Crippen molar-refractivity contribution in [3.8, 4) is 0 Å². The summed E-state index contributed by atoms with van der Waals surface area (Å²) in [7, 11) is 0. The molecule has 0 aliphatic rings. The molecular formula is C19H16F3NO2. The minimum absolute atomic E-state index is 0.0991. The molecule has 2 aromatic carbocycles. The molecule has 0 aliphatic heterocycles. The SMILES string of the molecule is O=C(Cc1cccc2ccccc12)N(Cc1ccco1)CC(F)(F)F. The Bertz CT molecular complexity index is 851. The number of nitrogens with zero attached hydrogens (tertiary/aromatic N) is 1. The van der Waals surface area contributed by atoms with E-state index in [1.54, 1.807) is 24.3 Å². The fourth-order valence-corrected chi connectivity index (χ4v) is 2.76. The molecule has 0 N–H and O–H groups in total. The lowest BCUT2D eigenvalue weighted by atomic mass is 10.0. The van der Waals surface area contributed by atoms with Gasteiger partial charge in [0.25, 0.3) is 0 Å². The zero-order chi connectivity index (χ0) is 17.9. The van der Waals surface area contributed by atoms with E-state index >= 15 is 0 Å². The predicted octanol–water partition coefficient (Wildman–Crippen LogP) is 4.57. The minimum atomic E-state index is -4.47. The Labute approximate surface area is 142 Å². The smallest absolute Gasteiger partial charge is 0.406 e. The number of fused-ring (bicyclic) bond motifs is 1. The second kappa shape index (κ2) is 7.01. The molecule has 3 aromatic rings. The highest BCUT2D eigenvalue weighted by Gasteiger charge is 2.33. The summed E-state index contributed by atoms with van der Waals surface area (Å²) in [5.41, 5.74) is 0.703. The molecule has 25 heavy (non-hydrogen) atoms. The van der Waals surface area contributed by atoms with E-state index in [-0.39, 0.29) is 13.0 Å². The van der Waals surface area contributed by atoms with Crippen LogP contribution in [0.1, 0.15) is 11.3 Å². The summed E-state index contributed by atoms with van der Waals surface area (Å²) in [6, 6.07) is 16.1. The summed E-state index contributed by atoms with van der Waals surface area (Å²) < 4.78 is 43.7. The molecule has 0 unspecified atom stereocenters. The van der Waals surface area contributed by atoms with Gasteiger partial charge >= 0.3 is 6.18 Å². The monoisotopic (exact) mass is 347 g/mol. The molecule has 0 fully saturated rings. The Balaban J connectivity index is 1.83. The third kappa shape index (κ3) is 4.41. The fraction of sp³-hybridized carbons (Fsp3) is 0.211. The third-order valence-electron chi connectivity index (χ3n) is 3.87. The summed E-state index contributed by atoms with van der Waals surface area (Å²) >= 11 is 0. The molecule has 3 nitrogen and oxygen atoms in total. The van der Waals surface area contributed by atoms with Gasteiger partial charge in [0.05, 0.1) is 19.2 Å². The molecule has 130 valence electrons. The first-order chi connectivity index (χ1) is 11.9.